The number of hydrogen-bond acceptors (Lipinski definition) is 0. The van der Waals surface area contributed by atoms with Crippen molar-refractivity contribution < 1.29 is 0 Å². The van der Waals surface area contributed by atoms with Gasteiger partial charge >= 0.3 is 0 Å². The van der Waals surface area contributed by atoms with Crippen LogP contribution < -0.4 is 0 Å². The van der Waals surface area contributed by atoms with Gasteiger partial charge in [0.15, 0.2) is 0 Å². The lowest BCUT2D eigenvalue weighted by atomic mass is 9.60. The summed E-state index contributed by atoms with van der Waals surface area (Å²) in [6, 6.07) is 0. The molecule has 2 bridgehead atoms. The van der Waals surface area contributed by atoms with Crippen molar-refractivity contribution in [3.05, 3.63) is 0 Å². The highest BCUT2D eigenvalue weighted by atomic mass is 14.6. The number of rotatable bonds is 1. The molecule has 0 N–H and O–H groups in total. The minimum Gasteiger partial charge on any atom is -0.0625 e. The van der Waals surface area contributed by atoms with Gasteiger partial charge in [-0.3, -0.25) is 0 Å². The van der Waals surface area contributed by atoms with Crippen molar-refractivity contribution in [2.45, 2.75) is 53.9 Å². The molecule has 76 valence electrons. The van der Waals surface area contributed by atoms with E-state index in [1.807, 2.05) is 0 Å². The van der Waals surface area contributed by atoms with Crippen molar-refractivity contribution >= 4 is 0 Å². The van der Waals surface area contributed by atoms with Gasteiger partial charge in [0.2, 0.25) is 0 Å². The van der Waals surface area contributed by atoms with Crippen molar-refractivity contribution in [3.8, 4) is 0 Å². The Labute approximate surface area is 83.1 Å². The SMILES string of the molecule is CC(C)C1C(C)(C)C2CC[C@]1(C)C2. The van der Waals surface area contributed by atoms with Crippen LogP contribution in [0.3, 0.4) is 0 Å². The highest BCUT2D eigenvalue weighted by Gasteiger charge is 2.59. The summed E-state index contributed by atoms with van der Waals surface area (Å²) in [6.45, 7) is 12.4. The molecule has 0 aromatic heterocycles. The zero-order valence-electron chi connectivity index (χ0n) is 9.85. The predicted octanol–water partition coefficient (Wildman–Crippen LogP) is 4.10. The van der Waals surface area contributed by atoms with Crippen LogP contribution in [-0.2, 0) is 0 Å². The molecular weight excluding hydrogens is 156 g/mol. The van der Waals surface area contributed by atoms with Crippen molar-refractivity contribution in [2.75, 3.05) is 0 Å². The Bertz CT molecular complexity index is 209. The molecule has 2 saturated carbocycles. The van der Waals surface area contributed by atoms with Crippen LogP contribution in [0.25, 0.3) is 0 Å². The molecule has 0 amide bonds. The minimum absolute atomic E-state index is 0.612. The molecular formula is C13H24. The second-order valence-electron chi connectivity index (χ2n) is 6.64. The summed E-state index contributed by atoms with van der Waals surface area (Å²) < 4.78 is 0. The maximum atomic E-state index is 2.53. The highest BCUT2D eigenvalue weighted by molar-refractivity contribution is 5.08. The Hall–Kier alpha value is 0. The molecule has 0 spiro atoms. The standard InChI is InChI=1S/C13H24/c1-9(2)11-12(3,4)10-6-7-13(11,5)8-10/h9-11H,6-8H2,1-5H3/t10?,11?,13-/m1/s1. The van der Waals surface area contributed by atoms with Crippen molar-refractivity contribution in [1.82, 2.24) is 0 Å². The molecule has 0 heteroatoms. The average molecular weight is 180 g/mol. The van der Waals surface area contributed by atoms with Crippen LogP contribution in [-0.4, -0.2) is 0 Å². The fourth-order valence-electron chi connectivity index (χ4n) is 5.00. The summed E-state index contributed by atoms with van der Waals surface area (Å²) in [5, 5.41) is 0. The Morgan fingerprint density at radius 1 is 1.15 bits per heavy atom. The maximum absolute atomic E-state index is 2.53. The largest absolute Gasteiger partial charge is 0.0625 e. The summed E-state index contributed by atoms with van der Waals surface area (Å²) in [4.78, 5) is 0. The van der Waals surface area contributed by atoms with Gasteiger partial charge in [-0.2, -0.15) is 0 Å². The van der Waals surface area contributed by atoms with Gasteiger partial charge in [0, 0.05) is 0 Å². The van der Waals surface area contributed by atoms with Crippen LogP contribution in [0, 0.1) is 28.6 Å². The average Bonchev–Trinajstić information content (AvgIpc) is 2.36. The molecule has 0 heterocycles. The first kappa shape index (κ1) is 9.55. The summed E-state index contributed by atoms with van der Waals surface area (Å²) in [5.74, 6) is 2.84. The fraction of sp³-hybridized carbons (Fsp3) is 1.00. The van der Waals surface area contributed by atoms with E-state index in [4.69, 9.17) is 0 Å². The molecule has 0 nitrogen and oxygen atoms in total. The lowest BCUT2D eigenvalue weighted by Crippen LogP contribution is -2.38. The first-order valence-electron chi connectivity index (χ1n) is 5.88. The maximum Gasteiger partial charge on any atom is -0.0283 e. The zero-order valence-corrected chi connectivity index (χ0v) is 9.85. The van der Waals surface area contributed by atoms with E-state index in [-0.39, 0.29) is 0 Å². The van der Waals surface area contributed by atoms with Gasteiger partial charge in [0.1, 0.15) is 0 Å². The van der Waals surface area contributed by atoms with E-state index in [2.05, 4.69) is 34.6 Å². The molecule has 3 atom stereocenters. The van der Waals surface area contributed by atoms with E-state index in [1.165, 1.54) is 19.3 Å². The van der Waals surface area contributed by atoms with E-state index in [0.29, 0.717) is 10.8 Å². The van der Waals surface area contributed by atoms with Crippen LogP contribution in [0.15, 0.2) is 0 Å². The Balaban J connectivity index is 2.34. The molecule has 0 radical (unpaired) electrons. The first-order valence-corrected chi connectivity index (χ1v) is 5.88. The summed E-state index contributed by atoms with van der Waals surface area (Å²) >= 11 is 0. The van der Waals surface area contributed by atoms with Crippen LogP contribution in [0.1, 0.15) is 53.9 Å². The summed E-state index contributed by atoms with van der Waals surface area (Å²) in [5.41, 5.74) is 1.30. The zero-order chi connectivity index (χ0) is 9.85. The third-order valence-corrected chi connectivity index (χ3v) is 5.05. The Morgan fingerprint density at radius 2 is 1.77 bits per heavy atom. The second-order valence-corrected chi connectivity index (χ2v) is 6.64. The van der Waals surface area contributed by atoms with Gasteiger partial charge in [-0.05, 0) is 47.8 Å². The summed E-state index contributed by atoms with van der Waals surface area (Å²) in [6.07, 6.45) is 4.49. The summed E-state index contributed by atoms with van der Waals surface area (Å²) in [7, 11) is 0. The fourth-order valence-corrected chi connectivity index (χ4v) is 5.00. The molecule has 2 unspecified atom stereocenters. The van der Waals surface area contributed by atoms with Gasteiger partial charge in [-0.1, -0.05) is 34.6 Å². The molecule has 0 aromatic rings. The van der Waals surface area contributed by atoms with Gasteiger partial charge in [0.25, 0.3) is 0 Å². The smallest absolute Gasteiger partial charge is 0.0283 e. The van der Waals surface area contributed by atoms with E-state index < -0.39 is 0 Å². The Kier molecular flexibility index (Phi) is 1.85. The first-order chi connectivity index (χ1) is 5.88. The topological polar surface area (TPSA) is 0 Å². The monoisotopic (exact) mass is 180 g/mol. The van der Waals surface area contributed by atoms with Crippen LogP contribution in [0.4, 0.5) is 0 Å². The van der Waals surface area contributed by atoms with Gasteiger partial charge in [-0.25, -0.2) is 0 Å². The predicted molar refractivity (Wildman–Crippen MR) is 57.6 cm³/mol. The highest BCUT2D eigenvalue weighted by Crippen LogP contribution is 2.67. The number of fused-ring (bicyclic) bond motifs is 2. The Morgan fingerprint density at radius 3 is 2.08 bits per heavy atom. The lowest BCUT2D eigenvalue weighted by molar-refractivity contribution is 0.0366. The van der Waals surface area contributed by atoms with E-state index in [9.17, 15) is 0 Å². The van der Waals surface area contributed by atoms with Gasteiger partial charge in [0.05, 0.1) is 0 Å². The molecule has 0 aliphatic heterocycles. The molecule has 2 aliphatic rings. The molecule has 2 fully saturated rings. The minimum atomic E-state index is 0.612. The molecule has 13 heavy (non-hydrogen) atoms. The van der Waals surface area contributed by atoms with Crippen LogP contribution in [0.2, 0.25) is 0 Å². The van der Waals surface area contributed by atoms with Crippen molar-refractivity contribution in [1.29, 1.82) is 0 Å². The van der Waals surface area contributed by atoms with Crippen LogP contribution >= 0.6 is 0 Å². The molecule has 2 aliphatic carbocycles. The van der Waals surface area contributed by atoms with E-state index in [1.54, 1.807) is 0 Å². The third kappa shape index (κ3) is 1.10. The lowest BCUT2D eigenvalue weighted by Gasteiger charge is -2.45. The molecule has 0 saturated heterocycles. The number of hydrogen-bond donors (Lipinski definition) is 0. The van der Waals surface area contributed by atoms with E-state index >= 15 is 0 Å². The molecule has 2 rings (SSSR count). The quantitative estimate of drug-likeness (QED) is 0.570. The van der Waals surface area contributed by atoms with Gasteiger partial charge < -0.3 is 0 Å². The van der Waals surface area contributed by atoms with Crippen molar-refractivity contribution in [2.24, 2.45) is 28.6 Å². The molecule has 0 aromatic carbocycles. The second kappa shape index (κ2) is 2.52. The van der Waals surface area contributed by atoms with E-state index in [0.717, 1.165) is 17.8 Å². The normalized spacial score (nSPS) is 47.5. The third-order valence-electron chi connectivity index (χ3n) is 5.05. The van der Waals surface area contributed by atoms with Gasteiger partial charge in [-0.15, -0.1) is 0 Å². The van der Waals surface area contributed by atoms with Crippen LogP contribution in [0.5, 0.6) is 0 Å². The van der Waals surface area contributed by atoms with Crippen molar-refractivity contribution in [3.63, 3.8) is 0 Å².